The van der Waals surface area contributed by atoms with Crippen LogP contribution in [0.25, 0.3) is 0 Å². The average Bonchev–Trinajstić information content (AvgIpc) is 2.54. The number of carboxylic acid groups (broad SMARTS) is 1. The highest BCUT2D eigenvalue weighted by Crippen LogP contribution is 2.61. The number of carboxylic acids is 1. The van der Waals surface area contributed by atoms with Crippen LogP contribution in [0.3, 0.4) is 0 Å². The van der Waals surface area contributed by atoms with Crippen molar-refractivity contribution in [1.82, 2.24) is 0 Å². The number of rotatable bonds is 1. The van der Waals surface area contributed by atoms with Gasteiger partial charge in [0.25, 0.3) is 0 Å². The molecule has 3 heteroatoms. The van der Waals surface area contributed by atoms with Gasteiger partial charge in [-0.15, -0.1) is 0 Å². The van der Waals surface area contributed by atoms with Gasteiger partial charge in [0.2, 0.25) is 0 Å². The molecule has 1 heterocycles. The van der Waals surface area contributed by atoms with E-state index in [2.05, 4.69) is 0 Å². The molecule has 0 bridgehead atoms. The molecule has 3 unspecified atom stereocenters. The summed E-state index contributed by atoms with van der Waals surface area (Å²) in [6, 6.07) is 0. The van der Waals surface area contributed by atoms with Crippen LogP contribution in [-0.4, -0.2) is 23.8 Å². The Morgan fingerprint density at radius 1 is 1.73 bits per heavy atom. The lowest BCUT2D eigenvalue weighted by Gasteiger charge is -2.11. The van der Waals surface area contributed by atoms with Gasteiger partial charge in [-0.1, -0.05) is 0 Å². The molecule has 1 aliphatic heterocycles. The highest BCUT2D eigenvalue weighted by molar-refractivity contribution is 5.75. The van der Waals surface area contributed by atoms with Crippen molar-refractivity contribution in [2.75, 3.05) is 6.61 Å². The minimum Gasteiger partial charge on any atom is -0.481 e. The van der Waals surface area contributed by atoms with Crippen molar-refractivity contribution in [3.05, 3.63) is 0 Å². The zero-order valence-electron chi connectivity index (χ0n) is 6.54. The van der Waals surface area contributed by atoms with E-state index >= 15 is 0 Å². The summed E-state index contributed by atoms with van der Waals surface area (Å²) in [5.74, 6) is -0.776. The highest BCUT2D eigenvalue weighted by Gasteiger charge is 2.63. The Hall–Kier alpha value is -0.570. The van der Waals surface area contributed by atoms with E-state index in [1.807, 2.05) is 6.92 Å². The molecule has 1 saturated heterocycles. The van der Waals surface area contributed by atoms with E-state index in [9.17, 15) is 4.79 Å². The van der Waals surface area contributed by atoms with Crippen LogP contribution in [0, 0.1) is 11.3 Å². The lowest BCUT2D eigenvalue weighted by Crippen LogP contribution is -2.18. The van der Waals surface area contributed by atoms with Gasteiger partial charge in [-0.3, -0.25) is 4.79 Å². The third-order valence-electron chi connectivity index (χ3n) is 3.16. The van der Waals surface area contributed by atoms with E-state index in [4.69, 9.17) is 9.84 Å². The summed E-state index contributed by atoms with van der Waals surface area (Å²) >= 11 is 0. The topological polar surface area (TPSA) is 46.5 Å². The Labute approximate surface area is 65.4 Å². The fourth-order valence-corrected chi connectivity index (χ4v) is 2.17. The zero-order chi connectivity index (χ0) is 8.06. The predicted octanol–water partition coefficient (Wildman–Crippen LogP) is 0.886. The van der Waals surface area contributed by atoms with E-state index in [0.29, 0.717) is 0 Å². The van der Waals surface area contributed by atoms with Gasteiger partial charge in [0, 0.05) is 12.0 Å². The average molecular weight is 156 g/mol. The number of aliphatic carboxylic acids is 1. The second-order valence-electron chi connectivity index (χ2n) is 3.59. The van der Waals surface area contributed by atoms with E-state index in [-0.39, 0.29) is 17.4 Å². The number of carbonyl (C=O) groups is 1. The van der Waals surface area contributed by atoms with Gasteiger partial charge in [0.15, 0.2) is 0 Å². The number of ether oxygens (including phenoxy) is 1. The van der Waals surface area contributed by atoms with Gasteiger partial charge in [0.1, 0.15) is 0 Å². The summed E-state index contributed by atoms with van der Waals surface area (Å²) < 4.78 is 5.35. The van der Waals surface area contributed by atoms with Gasteiger partial charge in [-0.2, -0.15) is 0 Å². The fourth-order valence-electron chi connectivity index (χ4n) is 2.17. The van der Waals surface area contributed by atoms with Crippen molar-refractivity contribution >= 4 is 5.97 Å². The molecule has 3 atom stereocenters. The van der Waals surface area contributed by atoms with Crippen molar-refractivity contribution in [3.8, 4) is 0 Å². The molecule has 11 heavy (non-hydrogen) atoms. The molecule has 0 amide bonds. The van der Waals surface area contributed by atoms with E-state index in [1.165, 1.54) is 0 Å². The standard InChI is InChI=1S/C8H12O3/c1-5-8(2-3-11-5)4-6(8)7(9)10/h5-6H,2-4H2,1H3,(H,9,10). The molecule has 3 nitrogen and oxygen atoms in total. The lowest BCUT2D eigenvalue weighted by atomic mass is 9.96. The number of hydrogen-bond acceptors (Lipinski definition) is 2. The van der Waals surface area contributed by atoms with E-state index < -0.39 is 5.97 Å². The largest absolute Gasteiger partial charge is 0.481 e. The molecule has 62 valence electrons. The van der Waals surface area contributed by atoms with Gasteiger partial charge in [0.05, 0.1) is 12.0 Å². The second-order valence-corrected chi connectivity index (χ2v) is 3.59. The van der Waals surface area contributed by atoms with Crippen molar-refractivity contribution < 1.29 is 14.6 Å². The predicted molar refractivity (Wildman–Crippen MR) is 38.2 cm³/mol. The van der Waals surface area contributed by atoms with Gasteiger partial charge in [-0.05, 0) is 19.8 Å². The first-order valence-electron chi connectivity index (χ1n) is 4.01. The van der Waals surface area contributed by atoms with E-state index in [0.717, 1.165) is 19.4 Å². The molecule has 0 aromatic carbocycles. The molecule has 1 saturated carbocycles. The summed E-state index contributed by atoms with van der Waals surface area (Å²) in [5, 5.41) is 8.74. The van der Waals surface area contributed by atoms with Crippen LogP contribution in [0.5, 0.6) is 0 Å². The first-order chi connectivity index (χ1) is 5.17. The van der Waals surface area contributed by atoms with Crippen molar-refractivity contribution in [2.45, 2.75) is 25.9 Å². The Morgan fingerprint density at radius 3 is 2.82 bits per heavy atom. The Morgan fingerprint density at radius 2 is 2.45 bits per heavy atom. The lowest BCUT2D eigenvalue weighted by molar-refractivity contribution is -0.139. The summed E-state index contributed by atoms with van der Waals surface area (Å²) in [5.41, 5.74) is 0.0197. The molecule has 0 aromatic heterocycles. The maximum atomic E-state index is 10.6. The SMILES string of the molecule is CC1OCCC12CC2C(=O)O. The van der Waals surface area contributed by atoms with Crippen LogP contribution in [0.15, 0.2) is 0 Å². The van der Waals surface area contributed by atoms with Gasteiger partial charge < -0.3 is 9.84 Å². The zero-order valence-corrected chi connectivity index (χ0v) is 6.54. The van der Waals surface area contributed by atoms with Crippen LogP contribution in [0.1, 0.15) is 19.8 Å². The molecular formula is C8H12O3. The Balaban J connectivity index is 2.10. The van der Waals surface area contributed by atoms with Gasteiger partial charge in [-0.25, -0.2) is 0 Å². The quantitative estimate of drug-likeness (QED) is 0.613. The molecule has 2 fully saturated rings. The number of hydrogen-bond donors (Lipinski definition) is 1. The van der Waals surface area contributed by atoms with Crippen LogP contribution in [0.2, 0.25) is 0 Å². The highest BCUT2D eigenvalue weighted by atomic mass is 16.5. The van der Waals surface area contributed by atoms with Crippen LogP contribution < -0.4 is 0 Å². The third kappa shape index (κ3) is 0.805. The van der Waals surface area contributed by atoms with Crippen LogP contribution in [-0.2, 0) is 9.53 Å². The molecule has 0 aromatic rings. The van der Waals surface area contributed by atoms with Crippen molar-refractivity contribution in [2.24, 2.45) is 11.3 Å². The molecule has 1 spiro atoms. The monoisotopic (exact) mass is 156 g/mol. The minimum atomic E-state index is -0.651. The summed E-state index contributed by atoms with van der Waals surface area (Å²) in [4.78, 5) is 10.6. The van der Waals surface area contributed by atoms with Crippen molar-refractivity contribution in [1.29, 1.82) is 0 Å². The summed E-state index contributed by atoms with van der Waals surface area (Å²) in [7, 11) is 0. The maximum absolute atomic E-state index is 10.6. The normalized spacial score (nSPS) is 48.1. The van der Waals surface area contributed by atoms with Crippen LogP contribution in [0.4, 0.5) is 0 Å². The molecule has 1 aliphatic carbocycles. The summed E-state index contributed by atoms with van der Waals surface area (Å²) in [6.45, 7) is 2.72. The van der Waals surface area contributed by atoms with E-state index in [1.54, 1.807) is 0 Å². The van der Waals surface area contributed by atoms with Crippen molar-refractivity contribution in [3.63, 3.8) is 0 Å². The Kier molecular flexibility index (Phi) is 1.27. The van der Waals surface area contributed by atoms with Crippen LogP contribution >= 0.6 is 0 Å². The first kappa shape index (κ1) is 7.10. The fraction of sp³-hybridized carbons (Fsp3) is 0.875. The summed E-state index contributed by atoms with van der Waals surface area (Å²) in [6.07, 6.45) is 1.91. The molecule has 1 N–H and O–H groups in total. The Bertz CT molecular complexity index is 202. The minimum absolute atomic E-state index is 0.0197. The molecular weight excluding hydrogens is 144 g/mol. The molecule has 2 rings (SSSR count). The molecule has 0 radical (unpaired) electrons. The molecule has 2 aliphatic rings. The first-order valence-corrected chi connectivity index (χ1v) is 4.01. The van der Waals surface area contributed by atoms with Gasteiger partial charge >= 0.3 is 5.97 Å². The third-order valence-corrected chi connectivity index (χ3v) is 3.16. The second kappa shape index (κ2) is 1.97. The maximum Gasteiger partial charge on any atom is 0.307 e. The smallest absolute Gasteiger partial charge is 0.307 e.